The van der Waals surface area contributed by atoms with Gasteiger partial charge in [0.15, 0.2) is 0 Å². The molecular formula is C13H21NO. The van der Waals surface area contributed by atoms with Crippen molar-refractivity contribution in [1.82, 2.24) is 5.32 Å². The topological polar surface area (TPSA) is 21.3 Å². The monoisotopic (exact) mass is 207 g/mol. The van der Waals surface area contributed by atoms with Gasteiger partial charge in [0.25, 0.3) is 0 Å². The van der Waals surface area contributed by atoms with E-state index >= 15 is 0 Å². The van der Waals surface area contributed by atoms with Crippen molar-refractivity contribution in [2.75, 3.05) is 13.7 Å². The lowest BCUT2D eigenvalue weighted by Gasteiger charge is -2.19. The van der Waals surface area contributed by atoms with E-state index in [-0.39, 0.29) is 0 Å². The summed E-state index contributed by atoms with van der Waals surface area (Å²) in [5, 5.41) is 3.47. The molecule has 0 saturated carbocycles. The van der Waals surface area contributed by atoms with Gasteiger partial charge in [-0.05, 0) is 26.0 Å². The zero-order chi connectivity index (χ0) is 11.3. The SMILES string of the molecule is CCNC(CC)c1cc(C)ccc1OC. The lowest BCUT2D eigenvalue weighted by molar-refractivity contribution is 0.398. The van der Waals surface area contributed by atoms with Crippen LogP contribution in [0.25, 0.3) is 0 Å². The maximum Gasteiger partial charge on any atom is 0.123 e. The van der Waals surface area contributed by atoms with Gasteiger partial charge < -0.3 is 10.1 Å². The first-order chi connectivity index (χ1) is 7.22. The van der Waals surface area contributed by atoms with Crippen LogP contribution in [0.1, 0.15) is 37.4 Å². The Balaban J connectivity index is 3.02. The molecule has 1 N–H and O–H groups in total. The smallest absolute Gasteiger partial charge is 0.123 e. The number of aryl methyl sites for hydroxylation is 1. The van der Waals surface area contributed by atoms with Crippen molar-refractivity contribution in [3.63, 3.8) is 0 Å². The van der Waals surface area contributed by atoms with Crippen molar-refractivity contribution >= 4 is 0 Å². The standard InChI is InChI=1S/C13H21NO/c1-5-12(14-6-2)11-9-10(3)7-8-13(11)15-4/h7-9,12,14H,5-6H2,1-4H3. The molecule has 1 unspecified atom stereocenters. The maximum absolute atomic E-state index is 5.39. The van der Waals surface area contributed by atoms with Gasteiger partial charge in [0.05, 0.1) is 7.11 Å². The number of hydrogen-bond donors (Lipinski definition) is 1. The third-order valence-electron chi connectivity index (χ3n) is 2.62. The second-order valence-electron chi connectivity index (χ2n) is 3.76. The number of rotatable bonds is 5. The molecule has 0 saturated heterocycles. The second kappa shape index (κ2) is 5.76. The molecule has 2 heteroatoms. The van der Waals surface area contributed by atoms with Gasteiger partial charge in [-0.15, -0.1) is 0 Å². The number of ether oxygens (including phenoxy) is 1. The fourth-order valence-corrected chi connectivity index (χ4v) is 1.85. The van der Waals surface area contributed by atoms with Crippen LogP contribution in [0.3, 0.4) is 0 Å². The van der Waals surface area contributed by atoms with Crippen LogP contribution >= 0.6 is 0 Å². The third-order valence-corrected chi connectivity index (χ3v) is 2.62. The van der Waals surface area contributed by atoms with E-state index in [1.807, 2.05) is 6.07 Å². The van der Waals surface area contributed by atoms with Crippen LogP contribution in [0.4, 0.5) is 0 Å². The Hall–Kier alpha value is -1.02. The number of nitrogens with one attached hydrogen (secondary N) is 1. The lowest BCUT2D eigenvalue weighted by atomic mass is 10.0. The summed E-state index contributed by atoms with van der Waals surface area (Å²) in [6.45, 7) is 7.41. The fraction of sp³-hybridized carbons (Fsp3) is 0.538. The molecule has 2 nitrogen and oxygen atoms in total. The minimum absolute atomic E-state index is 0.393. The molecule has 15 heavy (non-hydrogen) atoms. The highest BCUT2D eigenvalue weighted by Gasteiger charge is 2.12. The molecule has 0 amide bonds. The molecule has 0 spiro atoms. The van der Waals surface area contributed by atoms with Crippen molar-refractivity contribution in [3.05, 3.63) is 29.3 Å². The molecule has 1 rings (SSSR count). The fourth-order valence-electron chi connectivity index (χ4n) is 1.85. The molecular weight excluding hydrogens is 186 g/mol. The molecule has 0 radical (unpaired) electrons. The number of hydrogen-bond acceptors (Lipinski definition) is 2. The van der Waals surface area contributed by atoms with Gasteiger partial charge in [0, 0.05) is 11.6 Å². The predicted molar refractivity (Wildman–Crippen MR) is 64.4 cm³/mol. The highest BCUT2D eigenvalue weighted by atomic mass is 16.5. The molecule has 0 aliphatic heterocycles. The molecule has 1 aromatic rings. The summed E-state index contributed by atoms with van der Waals surface area (Å²) in [5.74, 6) is 0.980. The van der Waals surface area contributed by atoms with Crippen LogP contribution in [0.5, 0.6) is 5.75 Å². The summed E-state index contributed by atoms with van der Waals surface area (Å²) in [5.41, 5.74) is 2.55. The molecule has 0 aliphatic carbocycles. The van der Waals surface area contributed by atoms with E-state index in [1.54, 1.807) is 7.11 Å². The minimum atomic E-state index is 0.393. The Morgan fingerprint density at radius 2 is 2.07 bits per heavy atom. The Morgan fingerprint density at radius 1 is 1.33 bits per heavy atom. The van der Waals surface area contributed by atoms with Crippen LogP contribution in [-0.4, -0.2) is 13.7 Å². The van der Waals surface area contributed by atoms with Gasteiger partial charge in [-0.25, -0.2) is 0 Å². The van der Waals surface area contributed by atoms with Gasteiger partial charge in [0.2, 0.25) is 0 Å². The first-order valence-electron chi connectivity index (χ1n) is 5.60. The zero-order valence-electron chi connectivity index (χ0n) is 10.1. The average Bonchev–Trinajstić information content (AvgIpc) is 2.26. The summed E-state index contributed by atoms with van der Waals surface area (Å²) < 4.78 is 5.39. The molecule has 0 aliphatic rings. The highest BCUT2D eigenvalue weighted by molar-refractivity contribution is 5.39. The van der Waals surface area contributed by atoms with Gasteiger partial charge in [-0.3, -0.25) is 0 Å². The Morgan fingerprint density at radius 3 is 2.60 bits per heavy atom. The van der Waals surface area contributed by atoms with E-state index in [9.17, 15) is 0 Å². The van der Waals surface area contributed by atoms with Crippen molar-refractivity contribution in [1.29, 1.82) is 0 Å². The zero-order valence-corrected chi connectivity index (χ0v) is 10.1. The largest absolute Gasteiger partial charge is 0.496 e. The van der Waals surface area contributed by atoms with Gasteiger partial charge >= 0.3 is 0 Å². The van der Waals surface area contributed by atoms with Crippen molar-refractivity contribution in [3.8, 4) is 5.75 Å². The van der Waals surface area contributed by atoms with Crippen LogP contribution in [0.15, 0.2) is 18.2 Å². The van der Waals surface area contributed by atoms with E-state index in [4.69, 9.17) is 4.74 Å². The van der Waals surface area contributed by atoms with Gasteiger partial charge in [0.1, 0.15) is 5.75 Å². The van der Waals surface area contributed by atoms with Crippen molar-refractivity contribution in [2.45, 2.75) is 33.2 Å². The molecule has 1 atom stereocenters. The number of benzene rings is 1. The highest BCUT2D eigenvalue weighted by Crippen LogP contribution is 2.27. The predicted octanol–water partition coefficient (Wildman–Crippen LogP) is 3.06. The summed E-state index contributed by atoms with van der Waals surface area (Å²) >= 11 is 0. The molecule has 1 aromatic carbocycles. The van der Waals surface area contributed by atoms with E-state index < -0.39 is 0 Å². The second-order valence-corrected chi connectivity index (χ2v) is 3.76. The van der Waals surface area contributed by atoms with Gasteiger partial charge in [-0.2, -0.15) is 0 Å². The average molecular weight is 207 g/mol. The Kier molecular flexibility index (Phi) is 4.63. The first kappa shape index (κ1) is 12.1. The first-order valence-corrected chi connectivity index (χ1v) is 5.60. The summed E-state index contributed by atoms with van der Waals surface area (Å²) in [7, 11) is 1.73. The minimum Gasteiger partial charge on any atom is -0.496 e. The normalized spacial score (nSPS) is 12.5. The molecule has 0 heterocycles. The molecule has 0 fully saturated rings. The van der Waals surface area contributed by atoms with Crippen LogP contribution in [0.2, 0.25) is 0 Å². The quantitative estimate of drug-likeness (QED) is 0.801. The van der Waals surface area contributed by atoms with Crippen LogP contribution in [0, 0.1) is 6.92 Å². The van der Waals surface area contributed by atoms with Gasteiger partial charge in [-0.1, -0.05) is 31.5 Å². The van der Waals surface area contributed by atoms with Crippen LogP contribution in [-0.2, 0) is 0 Å². The van der Waals surface area contributed by atoms with Crippen molar-refractivity contribution < 1.29 is 4.74 Å². The van der Waals surface area contributed by atoms with E-state index in [2.05, 4.69) is 38.2 Å². The summed E-state index contributed by atoms with van der Waals surface area (Å²) in [4.78, 5) is 0. The Labute approximate surface area is 92.6 Å². The van der Waals surface area contributed by atoms with E-state index in [0.717, 1.165) is 18.7 Å². The third kappa shape index (κ3) is 2.96. The maximum atomic E-state index is 5.39. The summed E-state index contributed by atoms with van der Waals surface area (Å²) in [6, 6.07) is 6.73. The molecule has 0 bridgehead atoms. The summed E-state index contributed by atoms with van der Waals surface area (Å²) in [6.07, 6.45) is 1.08. The Bertz CT molecular complexity index is 309. The molecule has 84 valence electrons. The number of methoxy groups -OCH3 is 1. The lowest BCUT2D eigenvalue weighted by Crippen LogP contribution is -2.20. The van der Waals surface area contributed by atoms with Crippen LogP contribution < -0.4 is 10.1 Å². The van der Waals surface area contributed by atoms with E-state index in [1.165, 1.54) is 11.1 Å². The van der Waals surface area contributed by atoms with E-state index in [0.29, 0.717) is 6.04 Å². The van der Waals surface area contributed by atoms with Crippen molar-refractivity contribution in [2.24, 2.45) is 0 Å². The molecule has 0 aromatic heterocycles.